The molecular formula is C15H14ClN3O2. The van der Waals surface area contributed by atoms with Gasteiger partial charge in [-0.25, -0.2) is 4.98 Å². The van der Waals surface area contributed by atoms with Gasteiger partial charge in [-0.2, -0.15) is 0 Å². The van der Waals surface area contributed by atoms with Crippen molar-refractivity contribution < 1.29 is 9.90 Å². The van der Waals surface area contributed by atoms with Crippen molar-refractivity contribution in [1.82, 2.24) is 14.9 Å². The summed E-state index contributed by atoms with van der Waals surface area (Å²) in [5, 5.41) is 11.8. The summed E-state index contributed by atoms with van der Waals surface area (Å²) in [5.74, 6) is 5.76. The van der Waals surface area contributed by atoms with E-state index in [1.54, 1.807) is 24.4 Å². The minimum Gasteiger partial charge on any atom is -0.384 e. The largest absolute Gasteiger partial charge is 0.384 e. The summed E-state index contributed by atoms with van der Waals surface area (Å²) in [4.78, 5) is 16.2. The molecule has 0 atom stereocenters. The number of carbonyl (C=O) groups excluding carboxylic acids is 1. The lowest BCUT2D eigenvalue weighted by Crippen LogP contribution is -2.24. The number of nitrogens with zero attached hydrogens (tertiary/aromatic N) is 2. The molecule has 0 aliphatic rings. The number of aliphatic hydroxyl groups excluding tert-OH is 1. The molecule has 1 amide bonds. The Morgan fingerprint density at radius 1 is 1.52 bits per heavy atom. The van der Waals surface area contributed by atoms with Crippen LogP contribution in [0.2, 0.25) is 5.02 Å². The molecular weight excluding hydrogens is 290 g/mol. The highest BCUT2D eigenvalue weighted by Crippen LogP contribution is 2.17. The Hall–Kier alpha value is -2.29. The molecule has 2 aromatic rings. The second kappa shape index (κ2) is 6.93. The van der Waals surface area contributed by atoms with Crippen LogP contribution in [-0.4, -0.2) is 27.2 Å². The fraction of sp³-hybridized carbons (Fsp3) is 0.200. The Bertz CT molecular complexity index is 713. The lowest BCUT2D eigenvalue weighted by Gasteiger charge is -2.06. The number of hydrogen-bond acceptors (Lipinski definition) is 3. The summed E-state index contributed by atoms with van der Waals surface area (Å²) in [6.45, 7) is 0.105. The number of imidazole rings is 1. The first-order valence-electron chi connectivity index (χ1n) is 6.25. The number of hydrogen-bond donors (Lipinski definition) is 2. The van der Waals surface area contributed by atoms with Gasteiger partial charge < -0.3 is 15.0 Å². The zero-order chi connectivity index (χ0) is 15.2. The van der Waals surface area contributed by atoms with Crippen LogP contribution in [0.15, 0.2) is 30.6 Å². The van der Waals surface area contributed by atoms with Gasteiger partial charge in [-0.15, -0.1) is 0 Å². The predicted octanol–water partition coefficient (Wildman–Crippen LogP) is 1.35. The molecule has 0 radical (unpaired) electrons. The normalized spacial score (nSPS) is 9.86. The molecule has 6 heteroatoms. The molecule has 21 heavy (non-hydrogen) atoms. The topological polar surface area (TPSA) is 67.2 Å². The molecule has 0 fully saturated rings. The maximum atomic E-state index is 12.0. The number of benzene rings is 1. The Balaban J connectivity index is 2.06. The van der Waals surface area contributed by atoms with E-state index in [4.69, 9.17) is 16.7 Å². The van der Waals surface area contributed by atoms with E-state index in [1.165, 1.54) is 0 Å². The zero-order valence-electron chi connectivity index (χ0n) is 11.4. The van der Waals surface area contributed by atoms with Crippen LogP contribution in [0.25, 0.3) is 0 Å². The zero-order valence-corrected chi connectivity index (χ0v) is 12.2. The number of carbonyl (C=O) groups is 1. The Labute approximate surface area is 127 Å². The van der Waals surface area contributed by atoms with E-state index in [2.05, 4.69) is 22.1 Å². The van der Waals surface area contributed by atoms with Crippen LogP contribution < -0.4 is 5.32 Å². The standard InChI is InChI=1S/C15H14ClN3O2/c1-19-7-6-17-14(19)10-18-15(21)12-5-4-11(3-2-8-20)13(16)9-12/h4-7,9,20H,8,10H2,1H3,(H,18,21). The summed E-state index contributed by atoms with van der Waals surface area (Å²) in [7, 11) is 1.86. The van der Waals surface area contributed by atoms with Crippen molar-refractivity contribution in [1.29, 1.82) is 0 Å². The molecule has 2 N–H and O–H groups in total. The van der Waals surface area contributed by atoms with Crippen LogP contribution in [0.4, 0.5) is 0 Å². The van der Waals surface area contributed by atoms with Gasteiger partial charge in [0.15, 0.2) is 0 Å². The fourth-order valence-corrected chi connectivity index (χ4v) is 1.95. The lowest BCUT2D eigenvalue weighted by molar-refractivity contribution is 0.0949. The van der Waals surface area contributed by atoms with Crippen molar-refractivity contribution in [3.63, 3.8) is 0 Å². The molecule has 2 rings (SSSR count). The van der Waals surface area contributed by atoms with Crippen LogP contribution in [0.5, 0.6) is 0 Å². The molecule has 1 aromatic carbocycles. The molecule has 0 saturated carbocycles. The number of aromatic nitrogens is 2. The minimum absolute atomic E-state index is 0.234. The number of halogens is 1. The smallest absolute Gasteiger partial charge is 0.251 e. The third-order valence-electron chi connectivity index (χ3n) is 2.86. The van der Waals surface area contributed by atoms with Crippen molar-refractivity contribution >= 4 is 17.5 Å². The molecule has 5 nitrogen and oxygen atoms in total. The van der Waals surface area contributed by atoms with Crippen LogP contribution in [0.1, 0.15) is 21.7 Å². The third-order valence-corrected chi connectivity index (χ3v) is 3.17. The van der Waals surface area contributed by atoms with Crippen LogP contribution >= 0.6 is 11.6 Å². The second-order valence-electron chi connectivity index (χ2n) is 4.29. The van der Waals surface area contributed by atoms with E-state index >= 15 is 0 Å². The van der Waals surface area contributed by atoms with Gasteiger partial charge in [0.25, 0.3) is 5.91 Å². The van der Waals surface area contributed by atoms with Gasteiger partial charge in [0.05, 0.1) is 11.6 Å². The Morgan fingerprint density at radius 3 is 2.95 bits per heavy atom. The number of aryl methyl sites for hydroxylation is 1. The molecule has 1 aromatic heterocycles. The number of nitrogens with one attached hydrogen (secondary N) is 1. The SMILES string of the molecule is Cn1ccnc1CNC(=O)c1ccc(C#CCO)c(Cl)c1. The van der Waals surface area contributed by atoms with Crippen molar-refractivity contribution in [2.24, 2.45) is 7.05 Å². The van der Waals surface area contributed by atoms with E-state index in [1.807, 2.05) is 17.8 Å². The van der Waals surface area contributed by atoms with Crippen LogP contribution in [-0.2, 0) is 13.6 Å². The van der Waals surface area contributed by atoms with Gasteiger partial charge in [0.2, 0.25) is 0 Å². The second-order valence-corrected chi connectivity index (χ2v) is 4.70. The average Bonchev–Trinajstić information content (AvgIpc) is 2.88. The molecule has 0 spiro atoms. The number of amides is 1. The number of aliphatic hydroxyl groups is 1. The van der Waals surface area contributed by atoms with Crippen molar-refractivity contribution in [2.75, 3.05) is 6.61 Å². The highest BCUT2D eigenvalue weighted by atomic mass is 35.5. The van der Waals surface area contributed by atoms with E-state index in [0.29, 0.717) is 22.7 Å². The summed E-state index contributed by atoms with van der Waals surface area (Å²) in [6.07, 6.45) is 3.49. The maximum Gasteiger partial charge on any atom is 0.251 e. The first kappa shape index (κ1) is 15.1. The Morgan fingerprint density at radius 2 is 2.33 bits per heavy atom. The lowest BCUT2D eigenvalue weighted by atomic mass is 10.1. The molecule has 0 aliphatic heterocycles. The number of rotatable bonds is 3. The highest BCUT2D eigenvalue weighted by molar-refractivity contribution is 6.32. The molecule has 0 bridgehead atoms. The fourth-order valence-electron chi connectivity index (χ4n) is 1.72. The monoisotopic (exact) mass is 303 g/mol. The van der Waals surface area contributed by atoms with E-state index in [9.17, 15) is 4.79 Å². The highest BCUT2D eigenvalue weighted by Gasteiger charge is 2.09. The van der Waals surface area contributed by atoms with Crippen molar-refractivity contribution in [3.8, 4) is 11.8 Å². The quantitative estimate of drug-likeness (QED) is 0.841. The van der Waals surface area contributed by atoms with E-state index in [0.717, 1.165) is 5.82 Å². The first-order chi connectivity index (χ1) is 10.1. The maximum absolute atomic E-state index is 12.0. The predicted molar refractivity (Wildman–Crippen MR) is 79.8 cm³/mol. The van der Waals surface area contributed by atoms with Gasteiger partial charge in [-0.3, -0.25) is 4.79 Å². The van der Waals surface area contributed by atoms with Crippen molar-refractivity contribution in [2.45, 2.75) is 6.54 Å². The molecule has 0 unspecified atom stereocenters. The molecule has 0 saturated heterocycles. The van der Waals surface area contributed by atoms with Crippen LogP contribution in [0.3, 0.4) is 0 Å². The van der Waals surface area contributed by atoms with Gasteiger partial charge in [-0.05, 0) is 18.2 Å². The molecule has 1 heterocycles. The summed E-state index contributed by atoms with van der Waals surface area (Å²) < 4.78 is 1.83. The average molecular weight is 304 g/mol. The summed E-state index contributed by atoms with van der Waals surface area (Å²) >= 11 is 6.05. The molecule has 0 aliphatic carbocycles. The van der Waals surface area contributed by atoms with E-state index < -0.39 is 0 Å². The minimum atomic E-state index is -0.235. The van der Waals surface area contributed by atoms with Gasteiger partial charge >= 0.3 is 0 Å². The summed E-state index contributed by atoms with van der Waals surface area (Å²) in [6, 6.07) is 4.85. The van der Waals surface area contributed by atoms with Crippen LogP contribution in [0, 0.1) is 11.8 Å². The van der Waals surface area contributed by atoms with Gasteiger partial charge in [0, 0.05) is 30.6 Å². The first-order valence-corrected chi connectivity index (χ1v) is 6.63. The van der Waals surface area contributed by atoms with Gasteiger partial charge in [-0.1, -0.05) is 23.4 Å². The summed E-state index contributed by atoms with van der Waals surface area (Å²) in [5.41, 5.74) is 1.02. The van der Waals surface area contributed by atoms with Crippen molar-refractivity contribution in [3.05, 3.63) is 52.6 Å². The Kier molecular flexibility index (Phi) is 4.99. The molecule has 108 valence electrons. The van der Waals surface area contributed by atoms with Gasteiger partial charge in [0.1, 0.15) is 12.4 Å². The third kappa shape index (κ3) is 3.85. The van der Waals surface area contributed by atoms with E-state index in [-0.39, 0.29) is 12.5 Å².